The van der Waals surface area contributed by atoms with Crippen LogP contribution in [-0.2, 0) is 16.0 Å². The molecule has 2 aromatic rings. The van der Waals surface area contributed by atoms with Gasteiger partial charge in [0.05, 0.1) is 11.3 Å². The van der Waals surface area contributed by atoms with Gasteiger partial charge in [-0.2, -0.15) is 0 Å². The third-order valence-electron chi connectivity index (χ3n) is 4.27. The van der Waals surface area contributed by atoms with Crippen LogP contribution in [0.2, 0.25) is 0 Å². The van der Waals surface area contributed by atoms with Crippen LogP contribution >= 0.6 is 0 Å². The normalized spacial score (nSPS) is 13.1. The number of nitro groups is 1. The fourth-order valence-electron chi connectivity index (χ4n) is 2.63. The quantitative estimate of drug-likeness (QED) is 0.613. The van der Waals surface area contributed by atoms with E-state index in [0.29, 0.717) is 16.9 Å². The van der Waals surface area contributed by atoms with Crippen molar-refractivity contribution >= 4 is 28.9 Å². The van der Waals surface area contributed by atoms with Crippen molar-refractivity contribution in [3.8, 4) is 0 Å². The molecule has 0 aliphatic heterocycles. The first-order chi connectivity index (χ1) is 12.4. The number of amides is 2. The molecule has 0 atom stereocenters. The number of para-hydroxylation sites is 1. The van der Waals surface area contributed by atoms with Gasteiger partial charge in [-0.25, -0.2) is 0 Å². The van der Waals surface area contributed by atoms with Crippen LogP contribution in [0.15, 0.2) is 42.5 Å². The van der Waals surface area contributed by atoms with Crippen molar-refractivity contribution in [1.82, 2.24) is 0 Å². The van der Waals surface area contributed by atoms with E-state index in [1.54, 1.807) is 30.3 Å². The van der Waals surface area contributed by atoms with Gasteiger partial charge in [-0.3, -0.25) is 19.7 Å². The Bertz CT molecular complexity index is 875. The number of hydrogen-bond acceptors (Lipinski definition) is 4. The summed E-state index contributed by atoms with van der Waals surface area (Å²) in [6.07, 6.45) is 1.73. The fraction of sp³-hybridized carbons (Fsp3) is 0.263. The van der Waals surface area contributed by atoms with Gasteiger partial charge in [0.2, 0.25) is 11.8 Å². The van der Waals surface area contributed by atoms with Gasteiger partial charge in [0.25, 0.3) is 5.69 Å². The molecule has 0 unspecified atom stereocenters. The molecule has 0 aromatic heterocycles. The molecule has 2 aromatic carbocycles. The molecule has 1 aliphatic carbocycles. The highest BCUT2D eigenvalue weighted by Gasteiger charge is 2.29. The van der Waals surface area contributed by atoms with Crippen molar-refractivity contribution in [3.05, 3.63) is 63.7 Å². The Morgan fingerprint density at radius 2 is 1.88 bits per heavy atom. The molecule has 2 amide bonds. The number of carbonyl (C=O) groups excluding carboxylic acids is 2. The second-order valence-electron chi connectivity index (χ2n) is 6.40. The Morgan fingerprint density at radius 3 is 2.58 bits per heavy atom. The minimum atomic E-state index is -0.498. The molecule has 0 saturated heterocycles. The van der Waals surface area contributed by atoms with E-state index < -0.39 is 4.92 Å². The van der Waals surface area contributed by atoms with Crippen LogP contribution in [0, 0.1) is 23.0 Å². The Labute approximate surface area is 150 Å². The smallest absolute Gasteiger partial charge is 0.273 e. The lowest BCUT2D eigenvalue weighted by Gasteiger charge is -2.12. The number of nitro benzene ring substituents is 1. The number of anilines is 2. The van der Waals surface area contributed by atoms with Crippen LogP contribution in [0.4, 0.5) is 17.1 Å². The first-order valence-corrected chi connectivity index (χ1v) is 8.37. The maximum absolute atomic E-state index is 12.3. The van der Waals surface area contributed by atoms with E-state index in [4.69, 9.17) is 0 Å². The molecule has 7 nitrogen and oxygen atoms in total. The van der Waals surface area contributed by atoms with Crippen LogP contribution in [0.3, 0.4) is 0 Å². The van der Waals surface area contributed by atoms with Gasteiger partial charge in [-0.15, -0.1) is 0 Å². The number of rotatable bonds is 6. The standard InChI is InChI=1S/C19H19N3O4/c1-12-6-9-15(20-19(24)13-7-8-13)11-16(12)21-18(23)10-14-4-2-3-5-17(14)22(25)26/h2-6,9,11,13H,7-8,10H2,1H3,(H,20,24)(H,21,23). The first kappa shape index (κ1) is 17.6. The van der Waals surface area contributed by atoms with E-state index in [1.807, 2.05) is 13.0 Å². The number of nitrogens with one attached hydrogen (secondary N) is 2. The minimum absolute atomic E-state index is 0.00830. The molecule has 1 fully saturated rings. The van der Waals surface area contributed by atoms with Crippen LogP contribution in [-0.4, -0.2) is 16.7 Å². The van der Waals surface area contributed by atoms with Crippen molar-refractivity contribution < 1.29 is 14.5 Å². The number of hydrogen-bond donors (Lipinski definition) is 2. The van der Waals surface area contributed by atoms with E-state index in [1.165, 1.54) is 6.07 Å². The Balaban J connectivity index is 1.70. The Kier molecular flexibility index (Phi) is 4.97. The van der Waals surface area contributed by atoms with Crippen LogP contribution < -0.4 is 10.6 Å². The lowest BCUT2D eigenvalue weighted by molar-refractivity contribution is -0.385. The largest absolute Gasteiger partial charge is 0.326 e. The number of benzene rings is 2. The van der Waals surface area contributed by atoms with Gasteiger partial charge in [-0.1, -0.05) is 24.3 Å². The van der Waals surface area contributed by atoms with Gasteiger partial charge >= 0.3 is 0 Å². The zero-order chi connectivity index (χ0) is 18.7. The molecule has 134 valence electrons. The lowest BCUT2D eigenvalue weighted by atomic mass is 10.1. The highest BCUT2D eigenvalue weighted by molar-refractivity contribution is 5.97. The summed E-state index contributed by atoms with van der Waals surface area (Å²) >= 11 is 0. The van der Waals surface area contributed by atoms with Crippen LogP contribution in [0.25, 0.3) is 0 Å². The summed E-state index contributed by atoms with van der Waals surface area (Å²) in [7, 11) is 0. The topological polar surface area (TPSA) is 101 Å². The summed E-state index contributed by atoms with van der Waals surface area (Å²) < 4.78 is 0. The van der Waals surface area contributed by atoms with E-state index in [9.17, 15) is 19.7 Å². The van der Waals surface area contributed by atoms with Crippen molar-refractivity contribution in [2.45, 2.75) is 26.2 Å². The SMILES string of the molecule is Cc1ccc(NC(=O)C2CC2)cc1NC(=O)Cc1ccccc1[N+](=O)[O-]. The number of carbonyl (C=O) groups is 2. The van der Waals surface area contributed by atoms with Gasteiger partial charge in [0, 0.05) is 28.9 Å². The highest BCUT2D eigenvalue weighted by atomic mass is 16.6. The van der Waals surface area contributed by atoms with Crippen molar-refractivity contribution in [2.75, 3.05) is 10.6 Å². The molecule has 1 aliphatic rings. The molecule has 7 heteroatoms. The van der Waals surface area contributed by atoms with E-state index >= 15 is 0 Å². The zero-order valence-corrected chi connectivity index (χ0v) is 14.3. The summed E-state index contributed by atoms with van der Waals surface area (Å²) in [5.74, 6) is -0.271. The summed E-state index contributed by atoms with van der Waals surface area (Å²) in [6, 6.07) is 11.5. The highest BCUT2D eigenvalue weighted by Crippen LogP contribution is 2.31. The molecule has 2 N–H and O–H groups in total. The molecule has 0 heterocycles. The van der Waals surface area contributed by atoms with Gasteiger partial charge < -0.3 is 10.6 Å². The molecule has 0 radical (unpaired) electrons. The summed E-state index contributed by atoms with van der Waals surface area (Å²) in [5, 5.41) is 16.7. The lowest BCUT2D eigenvalue weighted by Crippen LogP contribution is -2.17. The monoisotopic (exact) mass is 353 g/mol. The van der Waals surface area contributed by atoms with E-state index in [2.05, 4.69) is 10.6 Å². The number of aryl methyl sites for hydroxylation is 1. The van der Waals surface area contributed by atoms with Crippen LogP contribution in [0.1, 0.15) is 24.0 Å². The fourth-order valence-corrected chi connectivity index (χ4v) is 2.63. The Hall–Kier alpha value is -3.22. The summed E-state index contributed by atoms with van der Waals surface area (Å²) in [4.78, 5) is 34.8. The molecule has 0 bridgehead atoms. The van der Waals surface area contributed by atoms with Gasteiger partial charge in [0.1, 0.15) is 0 Å². The van der Waals surface area contributed by atoms with Gasteiger partial charge in [0.15, 0.2) is 0 Å². The van der Waals surface area contributed by atoms with Crippen molar-refractivity contribution in [1.29, 1.82) is 0 Å². The van der Waals surface area contributed by atoms with Crippen molar-refractivity contribution in [2.24, 2.45) is 5.92 Å². The second-order valence-corrected chi connectivity index (χ2v) is 6.40. The number of nitrogens with zero attached hydrogens (tertiary/aromatic N) is 1. The predicted octanol–water partition coefficient (Wildman–Crippen LogP) is 3.43. The maximum atomic E-state index is 12.3. The average Bonchev–Trinajstić information content (AvgIpc) is 3.43. The minimum Gasteiger partial charge on any atom is -0.326 e. The molecular weight excluding hydrogens is 334 g/mol. The molecule has 1 saturated carbocycles. The average molecular weight is 353 g/mol. The molecule has 0 spiro atoms. The maximum Gasteiger partial charge on any atom is 0.273 e. The predicted molar refractivity (Wildman–Crippen MR) is 98.0 cm³/mol. The summed E-state index contributed by atoms with van der Waals surface area (Å²) in [6.45, 7) is 1.84. The molecule has 26 heavy (non-hydrogen) atoms. The third-order valence-corrected chi connectivity index (χ3v) is 4.27. The van der Waals surface area contributed by atoms with Gasteiger partial charge in [-0.05, 0) is 37.5 Å². The second kappa shape index (κ2) is 7.35. The Morgan fingerprint density at radius 1 is 1.15 bits per heavy atom. The third kappa shape index (κ3) is 4.24. The van der Waals surface area contributed by atoms with Crippen molar-refractivity contribution in [3.63, 3.8) is 0 Å². The molecular formula is C19H19N3O4. The summed E-state index contributed by atoms with van der Waals surface area (Å²) in [5.41, 5.74) is 2.30. The van der Waals surface area contributed by atoms with E-state index in [-0.39, 0.29) is 29.8 Å². The molecule has 3 rings (SSSR count). The zero-order valence-electron chi connectivity index (χ0n) is 14.3. The van der Waals surface area contributed by atoms with E-state index in [0.717, 1.165) is 18.4 Å². The van der Waals surface area contributed by atoms with Crippen LogP contribution in [0.5, 0.6) is 0 Å². The first-order valence-electron chi connectivity index (χ1n) is 8.37.